The predicted octanol–water partition coefficient (Wildman–Crippen LogP) is 1.98. The Hall–Kier alpha value is -0.870. The van der Waals surface area contributed by atoms with E-state index in [1.165, 1.54) is 0 Å². The smallest absolute Gasteiger partial charge is 0.209 e. The van der Waals surface area contributed by atoms with E-state index < -0.39 is 15.6 Å². The normalized spacial score (nSPS) is 12.7. The standard InChI is InChI=1S/C14H24N4O2S.HI/c1-10-6-11(2)8-12(7-10)17-13(15)16-9-14(3,4)18-21(5,19)20;/h6-8,18H,9H2,1-5H3,(H3,15,16,17);1H. The third kappa shape index (κ3) is 8.54. The number of anilines is 1. The molecule has 1 aromatic rings. The largest absolute Gasteiger partial charge is 0.370 e. The first-order chi connectivity index (χ1) is 9.47. The van der Waals surface area contributed by atoms with E-state index in [9.17, 15) is 8.42 Å². The molecule has 0 atom stereocenters. The van der Waals surface area contributed by atoms with E-state index in [1.54, 1.807) is 13.8 Å². The highest BCUT2D eigenvalue weighted by atomic mass is 127. The molecule has 6 nitrogen and oxygen atoms in total. The molecule has 22 heavy (non-hydrogen) atoms. The van der Waals surface area contributed by atoms with Crippen LogP contribution in [0, 0.1) is 13.8 Å². The number of nitrogens with zero attached hydrogens (tertiary/aromatic N) is 1. The summed E-state index contributed by atoms with van der Waals surface area (Å²) in [4.78, 5) is 4.19. The summed E-state index contributed by atoms with van der Waals surface area (Å²) in [6.45, 7) is 7.75. The van der Waals surface area contributed by atoms with Crippen LogP contribution in [0.1, 0.15) is 25.0 Å². The zero-order chi connectivity index (χ0) is 16.3. The maximum atomic E-state index is 11.3. The lowest BCUT2D eigenvalue weighted by Gasteiger charge is -2.23. The SMILES string of the molecule is Cc1cc(C)cc(NC(N)=NCC(C)(C)NS(C)(=O)=O)c1.I. The van der Waals surface area contributed by atoms with Crippen LogP contribution in [0.5, 0.6) is 0 Å². The number of aryl methyl sites for hydroxylation is 2. The van der Waals surface area contributed by atoms with Crippen LogP contribution in [0.3, 0.4) is 0 Å². The molecule has 1 aromatic carbocycles. The van der Waals surface area contributed by atoms with Crippen molar-refractivity contribution in [2.45, 2.75) is 33.2 Å². The minimum atomic E-state index is -3.28. The molecule has 0 aliphatic heterocycles. The van der Waals surface area contributed by atoms with E-state index in [0.717, 1.165) is 23.1 Å². The average molecular weight is 440 g/mol. The molecule has 1 rings (SSSR count). The molecule has 0 spiro atoms. The zero-order valence-electron chi connectivity index (χ0n) is 13.6. The molecule has 0 fully saturated rings. The second-order valence-electron chi connectivity index (χ2n) is 5.96. The second kappa shape index (κ2) is 8.11. The molecule has 8 heteroatoms. The van der Waals surface area contributed by atoms with Gasteiger partial charge in [-0.3, -0.25) is 4.99 Å². The first-order valence-electron chi connectivity index (χ1n) is 6.61. The van der Waals surface area contributed by atoms with Gasteiger partial charge in [-0.05, 0) is 51.0 Å². The van der Waals surface area contributed by atoms with Gasteiger partial charge in [0.15, 0.2) is 5.96 Å². The van der Waals surface area contributed by atoms with Crippen molar-refractivity contribution in [2.75, 3.05) is 18.1 Å². The summed E-state index contributed by atoms with van der Waals surface area (Å²) < 4.78 is 25.0. The summed E-state index contributed by atoms with van der Waals surface area (Å²) in [7, 11) is -3.28. The topological polar surface area (TPSA) is 96.6 Å². The number of nitrogens with two attached hydrogens (primary N) is 1. The highest BCUT2D eigenvalue weighted by Crippen LogP contribution is 2.13. The Morgan fingerprint density at radius 2 is 1.73 bits per heavy atom. The number of sulfonamides is 1. The van der Waals surface area contributed by atoms with Crippen LogP contribution in [0.25, 0.3) is 0 Å². The molecule has 0 aliphatic carbocycles. The minimum Gasteiger partial charge on any atom is -0.370 e. The quantitative estimate of drug-likeness (QED) is 0.371. The Kier molecular flexibility index (Phi) is 7.79. The number of benzene rings is 1. The van der Waals surface area contributed by atoms with Crippen LogP contribution in [-0.4, -0.2) is 32.7 Å². The molecule has 4 N–H and O–H groups in total. The third-order valence-electron chi connectivity index (χ3n) is 2.60. The molecule has 126 valence electrons. The van der Waals surface area contributed by atoms with Crippen molar-refractivity contribution in [2.24, 2.45) is 10.7 Å². The van der Waals surface area contributed by atoms with Crippen LogP contribution >= 0.6 is 24.0 Å². The van der Waals surface area contributed by atoms with Gasteiger partial charge in [0.05, 0.1) is 12.8 Å². The maximum absolute atomic E-state index is 11.3. The molecule has 0 aliphatic rings. The minimum absolute atomic E-state index is 0. The van der Waals surface area contributed by atoms with Gasteiger partial charge < -0.3 is 11.1 Å². The Labute approximate surface area is 150 Å². The molecule has 0 bridgehead atoms. The van der Waals surface area contributed by atoms with Crippen LogP contribution in [0.4, 0.5) is 5.69 Å². The highest BCUT2D eigenvalue weighted by Gasteiger charge is 2.21. The van der Waals surface area contributed by atoms with Gasteiger partial charge >= 0.3 is 0 Å². The lowest BCUT2D eigenvalue weighted by Crippen LogP contribution is -2.45. The van der Waals surface area contributed by atoms with Crippen molar-refractivity contribution in [1.29, 1.82) is 0 Å². The van der Waals surface area contributed by atoms with Crippen molar-refractivity contribution in [1.82, 2.24) is 4.72 Å². The first-order valence-corrected chi connectivity index (χ1v) is 8.50. The van der Waals surface area contributed by atoms with Crippen molar-refractivity contribution < 1.29 is 8.42 Å². The van der Waals surface area contributed by atoms with Gasteiger partial charge in [-0.25, -0.2) is 13.1 Å². The van der Waals surface area contributed by atoms with Crippen molar-refractivity contribution in [3.63, 3.8) is 0 Å². The number of hydrogen-bond donors (Lipinski definition) is 3. The number of rotatable bonds is 5. The second-order valence-corrected chi connectivity index (χ2v) is 7.71. The van der Waals surface area contributed by atoms with Crippen molar-refractivity contribution in [3.05, 3.63) is 29.3 Å². The number of aliphatic imine (C=N–C) groups is 1. The lowest BCUT2D eigenvalue weighted by atomic mass is 10.1. The monoisotopic (exact) mass is 440 g/mol. The summed E-state index contributed by atoms with van der Waals surface area (Å²) in [5.74, 6) is 0.253. The lowest BCUT2D eigenvalue weighted by molar-refractivity contribution is 0.466. The highest BCUT2D eigenvalue weighted by molar-refractivity contribution is 14.0. The van der Waals surface area contributed by atoms with Gasteiger partial charge in [-0.15, -0.1) is 24.0 Å². The van der Waals surface area contributed by atoms with Gasteiger partial charge in [0.25, 0.3) is 0 Å². The summed E-state index contributed by atoms with van der Waals surface area (Å²) in [5.41, 5.74) is 8.27. The molecule has 0 unspecified atom stereocenters. The fraction of sp³-hybridized carbons (Fsp3) is 0.500. The molecule has 0 aromatic heterocycles. The van der Waals surface area contributed by atoms with E-state index in [-0.39, 0.29) is 36.5 Å². The van der Waals surface area contributed by atoms with Crippen LogP contribution in [0.2, 0.25) is 0 Å². The van der Waals surface area contributed by atoms with Gasteiger partial charge in [0.1, 0.15) is 0 Å². The first kappa shape index (κ1) is 21.1. The predicted molar refractivity (Wildman–Crippen MR) is 104 cm³/mol. The molecular weight excluding hydrogens is 415 g/mol. The summed E-state index contributed by atoms with van der Waals surface area (Å²) in [5, 5.41) is 3.01. The number of guanidine groups is 1. The Morgan fingerprint density at radius 1 is 1.23 bits per heavy atom. The maximum Gasteiger partial charge on any atom is 0.209 e. The van der Waals surface area contributed by atoms with E-state index >= 15 is 0 Å². The Bertz CT molecular complexity index is 622. The Balaban J connectivity index is 0.00000441. The number of hydrogen-bond acceptors (Lipinski definition) is 3. The zero-order valence-corrected chi connectivity index (χ0v) is 16.7. The molecule has 0 radical (unpaired) electrons. The van der Waals surface area contributed by atoms with Crippen LogP contribution in [-0.2, 0) is 10.0 Å². The van der Waals surface area contributed by atoms with Gasteiger partial charge in [0.2, 0.25) is 10.0 Å². The van der Waals surface area contributed by atoms with Crippen LogP contribution in [0.15, 0.2) is 23.2 Å². The van der Waals surface area contributed by atoms with E-state index in [2.05, 4.69) is 21.1 Å². The fourth-order valence-corrected chi connectivity index (χ4v) is 3.12. The van der Waals surface area contributed by atoms with Crippen LogP contribution < -0.4 is 15.8 Å². The molecular formula is C14H25IN4O2S. The summed E-state index contributed by atoms with van der Waals surface area (Å²) in [6, 6.07) is 6.00. The Morgan fingerprint density at radius 3 is 2.18 bits per heavy atom. The molecule has 0 amide bonds. The summed E-state index contributed by atoms with van der Waals surface area (Å²) >= 11 is 0. The van der Waals surface area contributed by atoms with E-state index in [4.69, 9.17) is 5.73 Å². The van der Waals surface area contributed by atoms with Crippen molar-refractivity contribution >= 4 is 45.6 Å². The van der Waals surface area contributed by atoms with E-state index in [1.807, 2.05) is 26.0 Å². The van der Waals surface area contributed by atoms with Gasteiger partial charge in [-0.2, -0.15) is 0 Å². The fourth-order valence-electron chi connectivity index (χ4n) is 2.05. The van der Waals surface area contributed by atoms with E-state index in [0.29, 0.717) is 0 Å². The van der Waals surface area contributed by atoms with Gasteiger partial charge in [0, 0.05) is 11.2 Å². The summed E-state index contributed by atoms with van der Waals surface area (Å²) in [6.07, 6.45) is 1.12. The molecule has 0 saturated carbocycles. The molecule has 0 saturated heterocycles. The third-order valence-corrected chi connectivity index (χ3v) is 3.52. The van der Waals surface area contributed by atoms with Gasteiger partial charge in [-0.1, -0.05) is 6.07 Å². The van der Waals surface area contributed by atoms with Crippen molar-refractivity contribution in [3.8, 4) is 0 Å². The molecule has 0 heterocycles. The number of halogens is 1. The average Bonchev–Trinajstić information content (AvgIpc) is 2.21. The number of nitrogens with one attached hydrogen (secondary N) is 2.